The molecule has 2 bridgehead atoms. The van der Waals surface area contributed by atoms with E-state index >= 15 is 0 Å². The Morgan fingerprint density at radius 2 is 2.20 bits per heavy atom. The van der Waals surface area contributed by atoms with Crippen molar-refractivity contribution in [2.75, 3.05) is 0 Å². The number of hydrogen-bond donors (Lipinski definition) is 2. The summed E-state index contributed by atoms with van der Waals surface area (Å²) >= 11 is 1.33. The Morgan fingerprint density at radius 1 is 1.36 bits per heavy atom. The minimum atomic E-state index is -0.338. The molecule has 132 valence electrons. The summed E-state index contributed by atoms with van der Waals surface area (Å²) in [6.45, 7) is 3.64. The summed E-state index contributed by atoms with van der Waals surface area (Å²) in [7, 11) is 0. The second-order valence-electron chi connectivity index (χ2n) is 7.04. The van der Waals surface area contributed by atoms with E-state index in [2.05, 4.69) is 15.6 Å². The molecular weight excluding hydrogens is 338 g/mol. The number of nitrogens with zero attached hydrogens (tertiary/aromatic N) is 1. The Morgan fingerprint density at radius 3 is 2.88 bits per heavy atom. The molecule has 2 aliphatic heterocycles. The number of hydrogen-bond acceptors (Lipinski definition) is 6. The third kappa shape index (κ3) is 3.26. The van der Waals surface area contributed by atoms with E-state index in [-0.39, 0.29) is 24.0 Å². The van der Waals surface area contributed by atoms with E-state index in [1.807, 2.05) is 13.8 Å². The van der Waals surface area contributed by atoms with Crippen molar-refractivity contribution in [1.82, 2.24) is 15.6 Å². The summed E-state index contributed by atoms with van der Waals surface area (Å²) < 4.78 is 6.09. The van der Waals surface area contributed by atoms with Gasteiger partial charge in [-0.1, -0.05) is 0 Å². The quantitative estimate of drug-likeness (QED) is 0.820. The van der Waals surface area contributed by atoms with Crippen molar-refractivity contribution in [3.8, 4) is 0 Å². The number of rotatable bonds is 4. The summed E-state index contributed by atoms with van der Waals surface area (Å²) in [5, 5.41) is 7.45. The second kappa shape index (κ2) is 6.38. The zero-order chi connectivity index (χ0) is 17.6. The standard InChI is InChI=1S/C18H21N3O3S/c1-9(2)24-18(23)15-6-10-5-14(19-8-16(10)25-15)17(22)21-13-7-11-3-4-12(13)20-11/h5-6,8-9,11-13,20H,3-4,7H2,1-2H3,(H,21,22)/t11-,12+,13-/m1/s1. The average molecular weight is 359 g/mol. The lowest BCUT2D eigenvalue weighted by atomic mass is 9.95. The van der Waals surface area contributed by atoms with Crippen molar-refractivity contribution < 1.29 is 14.3 Å². The minimum absolute atomic E-state index is 0.154. The fraction of sp³-hybridized carbons (Fsp3) is 0.500. The fourth-order valence-electron chi connectivity index (χ4n) is 3.67. The van der Waals surface area contributed by atoms with E-state index < -0.39 is 0 Å². The van der Waals surface area contributed by atoms with Crippen LogP contribution in [0, 0.1) is 0 Å². The molecule has 0 radical (unpaired) electrons. The number of nitrogens with one attached hydrogen (secondary N) is 2. The van der Waals surface area contributed by atoms with Gasteiger partial charge in [0, 0.05) is 24.3 Å². The van der Waals surface area contributed by atoms with E-state index in [4.69, 9.17) is 4.74 Å². The molecule has 2 N–H and O–H groups in total. The molecule has 4 rings (SSSR count). The number of pyridine rings is 1. The zero-order valence-electron chi connectivity index (χ0n) is 14.2. The van der Waals surface area contributed by atoms with Crippen LogP contribution in [0.2, 0.25) is 0 Å². The second-order valence-corrected chi connectivity index (χ2v) is 8.12. The van der Waals surface area contributed by atoms with Gasteiger partial charge in [0.25, 0.3) is 5.91 Å². The third-order valence-electron chi connectivity index (χ3n) is 4.80. The van der Waals surface area contributed by atoms with E-state index in [9.17, 15) is 9.59 Å². The smallest absolute Gasteiger partial charge is 0.348 e. The first-order valence-corrected chi connectivity index (χ1v) is 9.49. The monoisotopic (exact) mass is 359 g/mol. The van der Waals surface area contributed by atoms with Crippen LogP contribution >= 0.6 is 11.3 Å². The third-order valence-corrected chi connectivity index (χ3v) is 5.86. The number of esters is 1. The first kappa shape index (κ1) is 16.5. The summed E-state index contributed by atoms with van der Waals surface area (Å²) in [5.41, 5.74) is 0.386. The molecule has 4 heterocycles. The maximum Gasteiger partial charge on any atom is 0.348 e. The summed E-state index contributed by atoms with van der Waals surface area (Å²) in [4.78, 5) is 29.3. The van der Waals surface area contributed by atoms with Crippen molar-refractivity contribution in [3.05, 3.63) is 28.9 Å². The summed E-state index contributed by atoms with van der Waals surface area (Å²) in [6, 6.07) is 4.62. The van der Waals surface area contributed by atoms with Crippen molar-refractivity contribution in [2.24, 2.45) is 0 Å². The Kier molecular flexibility index (Phi) is 4.21. The van der Waals surface area contributed by atoms with Crippen LogP contribution in [0.25, 0.3) is 10.1 Å². The largest absolute Gasteiger partial charge is 0.459 e. The number of fused-ring (bicyclic) bond motifs is 3. The van der Waals surface area contributed by atoms with Crippen LogP contribution in [0.15, 0.2) is 18.3 Å². The number of carbonyl (C=O) groups is 2. The number of aromatic nitrogens is 1. The molecule has 6 nitrogen and oxygen atoms in total. The van der Waals surface area contributed by atoms with Crippen LogP contribution in [-0.2, 0) is 4.74 Å². The SMILES string of the molecule is CC(C)OC(=O)c1cc2cc(C(=O)N[C@@H]3C[C@H]4CC[C@@H]3N4)ncc2s1. The maximum absolute atomic E-state index is 12.5. The highest BCUT2D eigenvalue weighted by atomic mass is 32.1. The van der Waals surface area contributed by atoms with E-state index in [0.717, 1.165) is 22.9 Å². The lowest BCUT2D eigenvalue weighted by Gasteiger charge is -2.21. The molecule has 0 saturated carbocycles. The van der Waals surface area contributed by atoms with Crippen molar-refractivity contribution >= 4 is 33.3 Å². The number of carbonyl (C=O) groups excluding carboxylic acids is 2. The zero-order valence-corrected chi connectivity index (χ0v) is 15.1. The fourth-order valence-corrected chi connectivity index (χ4v) is 4.56. The van der Waals surface area contributed by atoms with Crippen LogP contribution in [0.1, 0.15) is 53.3 Å². The van der Waals surface area contributed by atoms with Gasteiger partial charge < -0.3 is 15.4 Å². The molecule has 1 amide bonds. The van der Waals surface area contributed by atoms with Crippen LogP contribution in [-0.4, -0.2) is 41.1 Å². The number of thiophene rings is 1. The van der Waals surface area contributed by atoms with Crippen LogP contribution in [0.3, 0.4) is 0 Å². The van der Waals surface area contributed by atoms with Gasteiger partial charge in [0.1, 0.15) is 10.6 Å². The first-order valence-electron chi connectivity index (χ1n) is 8.67. The normalized spacial score (nSPS) is 24.8. The summed E-state index contributed by atoms with van der Waals surface area (Å²) in [6.07, 6.45) is 4.80. The molecule has 25 heavy (non-hydrogen) atoms. The Labute approximate surface area is 150 Å². The minimum Gasteiger partial charge on any atom is -0.459 e. The number of ether oxygens (including phenoxy) is 1. The van der Waals surface area contributed by atoms with Crippen LogP contribution in [0.4, 0.5) is 0 Å². The van der Waals surface area contributed by atoms with E-state index in [0.29, 0.717) is 22.7 Å². The summed E-state index contributed by atoms with van der Waals surface area (Å²) in [5.74, 6) is -0.492. The molecule has 2 saturated heterocycles. The van der Waals surface area contributed by atoms with Gasteiger partial charge in [0.05, 0.1) is 10.8 Å². The van der Waals surface area contributed by atoms with Crippen molar-refractivity contribution in [1.29, 1.82) is 0 Å². The van der Waals surface area contributed by atoms with E-state index in [1.165, 1.54) is 17.8 Å². The molecule has 7 heteroatoms. The Balaban J connectivity index is 1.50. The van der Waals surface area contributed by atoms with Gasteiger partial charge in [-0.25, -0.2) is 9.78 Å². The highest BCUT2D eigenvalue weighted by Gasteiger charge is 2.39. The van der Waals surface area contributed by atoms with E-state index in [1.54, 1.807) is 18.3 Å². The molecule has 0 aliphatic carbocycles. The van der Waals surface area contributed by atoms with Crippen LogP contribution in [0.5, 0.6) is 0 Å². The molecule has 2 aliphatic rings. The molecule has 2 fully saturated rings. The lowest BCUT2D eigenvalue weighted by Crippen LogP contribution is -2.43. The van der Waals surface area contributed by atoms with Gasteiger partial charge in [-0.3, -0.25) is 4.79 Å². The maximum atomic E-state index is 12.5. The molecule has 0 aromatic carbocycles. The predicted octanol–water partition coefficient (Wildman–Crippen LogP) is 2.48. The van der Waals surface area contributed by atoms with Gasteiger partial charge in [-0.05, 0) is 50.6 Å². The van der Waals surface area contributed by atoms with Crippen molar-refractivity contribution in [2.45, 2.75) is 57.3 Å². The van der Waals surface area contributed by atoms with Gasteiger partial charge >= 0.3 is 5.97 Å². The molecule has 3 atom stereocenters. The topological polar surface area (TPSA) is 80.3 Å². The van der Waals surface area contributed by atoms with Crippen molar-refractivity contribution in [3.63, 3.8) is 0 Å². The molecule has 2 aromatic rings. The van der Waals surface area contributed by atoms with Gasteiger partial charge in [-0.15, -0.1) is 11.3 Å². The van der Waals surface area contributed by atoms with Gasteiger partial charge in [0.15, 0.2) is 0 Å². The van der Waals surface area contributed by atoms with Gasteiger partial charge in [0.2, 0.25) is 0 Å². The lowest BCUT2D eigenvalue weighted by molar-refractivity contribution is 0.0384. The number of amides is 1. The van der Waals surface area contributed by atoms with Gasteiger partial charge in [-0.2, -0.15) is 0 Å². The predicted molar refractivity (Wildman–Crippen MR) is 96.0 cm³/mol. The molecule has 0 spiro atoms. The Hall–Kier alpha value is -1.99. The molecule has 2 aromatic heterocycles. The Bertz CT molecular complexity index is 832. The molecule has 0 unspecified atom stereocenters. The molecular formula is C18H21N3O3S. The first-order chi connectivity index (χ1) is 12.0. The average Bonchev–Trinajstić information content (AvgIpc) is 3.28. The highest BCUT2D eigenvalue weighted by Crippen LogP contribution is 2.29. The highest BCUT2D eigenvalue weighted by molar-refractivity contribution is 7.20. The van der Waals surface area contributed by atoms with Crippen LogP contribution < -0.4 is 10.6 Å².